The molecule has 6 heteroatoms. The predicted octanol–water partition coefficient (Wildman–Crippen LogP) is 5.52. The van der Waals surface area contributed by atoms with Gasteiger partial charge in [-0.25, -0.2) is 4.98 Å². The third-order valence-corrected chi connectivity index (χ3v) is 7.07. The molecule has 0 unspecified atom stereocenters. The second kappa shape index (κ2) is 10.0. The van der Waals surface area contributed by atoms with E-state index in [2.05, 4.69) is 34.3 Å². The van der Waals surface area contributed by atoms with Crippen molar-refractivity contribution in [2.75, 3.05) is 0 Å². The fourth-order valence-corrected chi connectivity index (χ4v) is 5.01. The summed E-state index contributed by atoms with van der Waals surface area (Å²) in [6.07, 6.45) is 8.23. The number of carbonyl (C=O) groups excluding carboxylic acids is 1. The molecule has 0 spiro atoms. The highest BCUT2D eigenvalue weighted by Gasteiger charge is 2.25. The molecule has 4 aromatic rings. The largest absolute Gasteiger partial charge is 0.449 e. The van der Waals surface area contributed by atoms with E-state index in [4.69, 9.17) is 4.42 Å². The minimum Gasteiger partial charge on any atom is -0.449 e. The van der Waals surface area contributed by atoms with Crippen LogP contribution in [0.15, 0.2) is 59.3 Å². The summed E-state index contributed by atoms with van der Waals surface area (Å²) >= 11 is 0. The standard InChI is InChI=1S/C29H31N3O3/c1-18-22(15-20-10-12-21(13-11-20)26-17-35-19(2)31-26)16-24(28-23(18)7-6-14-30-28)29(34)32-25-8-4-3-5-9-27(25)33/h6-7,10-14,16-17,25,27,33H,3-5,8-9,15H2,1-2H3,(H,32,34)/t25-,27-/m0/s1. The van der Waals surface area contributed by atoms with E-state index in [9.17, 15) is 9.90 Å². The van der Waals surface area contributed by atoms with Crippen molar-refractivity contribution in [1.82, 2.24) is 15.3 Å². The number of aliphatic hydroxyl groups is 1. The van der Waals surface area contributed by atoms with Crippen LogP contribution in [-0.2, 0) is 6.42 Å². The molecule has 180 valence electrons. The topological polar surface area (TPSA) is 88.2 Å². The number of nitrogens with zero attached hydrogens (tertiary/aromatic N) is 2. The van der Waals surface area contributed by atoms with Gasteiger partial charge in [0.2, 0.25) is 0 Å². The summed E-state index contributed by atoms with van der Waals surface area (Å²) < 4.78 is 5.33. The van der Waals surface area contributed by atoms with Gasteiger partial charge in [0.1, 0.15) is 12.0 Å². The van der Waals surface area contributed by atoms with E-state index >= 15 is 0 Å². The smallest absolute Gasteiger partial charge is 0.253 e. The average Bonchev–Trinajstić information content (AvgIpc) is 3.21. The summed E-state index contributed by atoms with van der Waals surface area (Å²) in [5, 5.41) is 14.6. The predicted molar refractivity (Wildman–Crippen MR) is 136 cm³/mol. The van der Waals surface area contributed by atoms with Crippen molar-refractivity contribution < 1.29 is 14.3 Å². The first-order valence-corrected chi connectivity index (χ1v) is 12.4. The third-order valence-electron chi connectivity index (χ3n) is 7.07. The Hall–Kier alpha value is -3.51. The van der Waals surface area contributed by atoms with Crippen molar-refractivity contribution in [3.8, 4) is 11.3 Å². The highest BCUT2D eigenvalue weighted by molar-refractivity contribution is 6.06. The summed E-state index contributed by atoms with van der Waals surface area (Å²) in [6, 6.07) is 14.0. The zero-order valence-corrected chi connectivity index (χ0v) is 20.3. The third kappa shape index (κ3) is 4.98. The molecule has 2 heterocycles. The molecule has 1 saturated carbocycles. The Balaban J connectivity index is 1.45. The van der Waals surface area contributed by atoms with Crippen LogP contribution in [0.2, 0.25) is 0 Å². The van der Waals surface area contributed by atoms with E-state index in [0.717, 1.165) is 65.4 Å². The number of rotatable bonds is 5. The first-order chi connectivity index (χ1) is 17.0. The van der Waals surface area contributed by atoms with Crippen LogP contribution in [0.5, 0.6) is 0 Å². The Morgan fingerprint density at radius 2 is 1.91 bits per heavy atom. The summed E-state index contributed by atoms with van der Waals surface area (Å²) in [4.78, 5) is 22.4. The summed E-state index contributed by atoms with van der Waals surface area (Å²) in [5.74, 6) is 0.476. The van der Waals surface area contributed by atoms with Gasteiger partial charge in [-0.3, -0.25) is 9.78 Å². The molecule has 1 aliphatic carbocycles. The van der Waals surface area contributed by atoms with Gasteiger partial charge in [-0.15, -0.1) is 0 Å². The van der Waals surface area contributed by atoms with Crippen molar-refractivity contribution in [2.24, 2.45) is 0 Å². The molecule has 0 radical (unpaired) electrons. The lowest BCUT2D eigenvalue weighted by atomic mass is 9.93. The number of benzene rings is 2. The molecule has 0 saturated heterocycles. The van der Waals surface area contributed by atoms with Crippen LogP contribution in [-0.4, -0.2) is 33.1 Å². The zero-order valence-electron chi connectivity index (χ0n) is 20.3. The number of amides is 1. The van der Waals surface area contributed by atoms with Gasteiger partial charge < -0.3 is 14.8 Å². The van der Waals surface area contributed by atoms with Gasteiger partial charge in [0.15, 0.2) is 5.89 Å². The van der Waals surface area contributed by atoms with Crippen LogP contribution < -0.4 is 5.32 Å². The molecule has 2 N–H and O–H groups in total. The van der Waals surface area contributed by atoms with Gasteiger partial charge in [-0.05, 0) is 55.0 Å². The second-order valence-electron chi connectivity index (χ2n) is 9.52. The number of hydrogen-bond donors (Lipinski definition) is 2. The summed E-state index contributed by atoms with van der Waals surface area (Å²) in [5.41, 5.74) is 6.44. The number of fused-ring (bicyclic) bond motifs is 1. The number of hydrogen-bond acceptors (Lipinski definition) is 5. The minimum absolute atomic E-state index is 0.169. The monoisotopic (exact) mass is 469 g/mol. The van der Waals surface area contributed by atoms with Crippen molar-refractivity contribution in [2.45, 2.75) is 64.5 Å². The molecule has 35 heavy (non-hydrogen) atoms. The molecule has 1 aliphatic rings. The van der Waals surface area contributed by atoms with Crippen LogP contribution in [0, 0.1) is 13.8 Å². The Morgan fingerprint density at radius 3 is 2.69 bits per heavy atom. The quantitative estimate of drug-likeness (QED) is 0.376. The Morgan fingerprint density at radius 1 is 1.11 bits per heavy atom. The molecule has 1 fully saturated rings. The first kappa shape index (κ1) is 23.2. The molecule has 0 aliphatic heterocycles. The van der Waals surface area contributed by atoms with Crippen molar-refractivity contribution >= 4 is 16.8 Å². The lowest BCUT2D eigenvalue weighted by Crippen LogP contribution is -2.42. The molecule has 1 amide bonds. The summed E-state index contributed by atoms with van der Waals surface area (Å²) in [7, 11) is 0. The zero-order chi connectivity index (χ0) is 24.4. The van der Waals surface area contributed by atoms with E-state index in [1.165, 1.54) is 0 Å². The Labute approximate surface area is 205 Å². The normalized spacial score (nSPS) is 18.4. The summed E-state index contributed by atoms with van der Waals surface area (Å²) in [6.45, 7) is 3.92. The minimum atomic E-state index is -0.502. The molecule has 2 aromatic carbocycles. The van der Waals surface area contributed by atoms with Crippen molar-refractivity contribution in [3.05, 3.63) is 83.1 Å². The second-order valence-corrected chi connectivity index (χ2v) is 9.52. The lowest BCUT2D eigenvalue weighted by Gasteiger charge is -2.22. The lowest BCUT2D eigenvalue weighted by molar-refractivity contribution is 0.0820. The maximum Gasteiger partial charge on any atom is 0.253 e. The van der Waals surface area contributed by atoms with Gasteiger partial charge in [-0.1, -0.05) is 49.6 Å². The van der Waals surface area contributed by atoms with Crippen molar-refractivity contribution in [3.63, 3.8) is 0 Å². The number of oxazole rings is 1. The van der Waals surface area contributed by atoms with E-state index in [1.807, 2.05) is 37.3 Å². The van der Waals surface area contributed by atoms with Gasteiger partial charge in [0.05, 0.1) is 23.2 Å². The molecule has 2 aromatic heterocycles. The Kier molecular flexibility index (Phi) is 6.64. The molecular formula is C29H31N3O3. The highest BCUT2D eigenvalue weighted by atomic mass is 16.3. The SMILES string of the molecule is Cc1nc(-c2ccc(Cc3cc(C(=O)N[C@H]4CCCCC[C@@H]4O)c4ncccc4c3C)cc2)co1. The van der Waals surface area contributed by atoms with Gasteiger partial charge >= 0.3 is 0 Å². The Bertz CT molecular complexity index is 1340. The van der Waals surface area contributed by atoms with Gasteiger partial charge in [-0.2, -0.15) is 0 Å². The van der Waals surface area contributed by atoms with E-state index in [-0.39, 0.29) is 11.9 Å². The van der Waals surface area contributed by atoms with Crippen molar-refractivity contribution in [1.29, 1.82) is 0 Å². The van der Waals surface area contributed by atoms with Crippen LogP contribution in [0.4, 0.5) is 0 Å². The maximum atomic E-state index is 13.4. The van der Waals surface area contributed by atoms with Crippen LogP contribution in [0.3, 0.4) is 0 Å². The molecular weight excluding hydrogens is 438 g/mol. The number of aliphatic hydroxyl groups excluding tert-OH is 1. The van der Waals surface area contributed by atoms with Crippen LogP contribution >= 0.6 is 0 Å². The van der Waals surface area contributed by atoms with Gasteiger partial charge in [0.25, 0.3) is 5.91 Å². The number of nitrogens with one attached hydrogen (secondary N) is 1. The number of carbonyl (C=O) groups is 1. The molecule has 6 nitrogen and oxygen atoms in total. The van der Waals surface area contributed by atoms with E-state index < -0.39 is 6.10 Å². The maximum absolute atomic E-state index is 13.4. The van der Waals surface area contributed by atoms with Crippen LogP contribution in [0.1, 0.15) is 65.0 Å². The fraction of sp³-hybridized carbons (Fsp3) is 0.345. The number of aromatic nitrogens is 2. The van der Waals surface area contributed by atoms with E-state index in [0.29, 0.717) is 23.4 Å². The fourth-order valence-electron chi connectivity index (χ4n) is 5.01. The average molecular weight is 470 g/mol. The van der Waals surface area contributed by atoms with E-state index in [1.54, 1.807) is 12.5 Å². The van der Waals surface area contributed by atoms with Crippen LogP contribution in [0.25, 0.3) is 22.2 Å². The molecule has 0 bridgehead atoms. The number of pyridine rings is 1. The first-order valence-electron chi connectivity index (χ1n) is 12.4. The highest BCUT2D eigenvalue weighted by Crippen LogP contribution is 2.28. The molecule has 2 atom stereocenters. The molecule has 5 rings (SSSR count). The van der Waals surface area contributed by atoms with Gasteiger partial charge in [0, 0.05) is 24.1 Å². The number of aryl methyl sites for hydroxylation is 2.